The second-order valence-corrected chi connectivity index (χ2v) is 12.7. The van der Waals surface area contributed by atoms with E-state index >= 15 is 0 Å². The van der Waals surface area contributed by atoms with Crippen LogP contribution in [0.5, 0.6) is 0 Å². The summed E-state index contributed by atoms with van der Waals surface area (Å²) in [6.45, 7) is 7.44. The number of fused-ring (bicyclic) bond motifs is 3. The third-order valence-corrected chi connectivity index (χ3v) is 9.84. The molecular formula is C47H30N4. The van der Waals surface area contributed by atoms with Gasteiger partial charge in [-0.3, -0.25) is 0 Å². The van der Waals surface area contributed by atoms with Gasteiger partial charge >= 0.3 is 0 Å². The molecule has 0 saturated heterocycles. The highest BCUT2D eigenvalue weighted by Gasteiger charge is 2.46. The normalized spacial score (nSPS) is 12.5. The summed E-state index contributed by atoms with van der Waals surface area (Å²) in [7, 11) is 0. The number of hydrogen-bond acceptors (Lipinski definition) is 3. The monoisotopic (exact) mass is 650 g/mol. The molecule has 0 N–H and O–H groups in total. The first-order valence-electron chi connectivity index (χ1n) is 17.0. The molecule has 1 aliphatic rings. The summed E-state index contributed by atoms with van der Waals surface area (Å²) in [6, 6.07) is 63.1. The highest BCUT2D eigenvalue weighted by atomic mass is 15.0. The molecule has 51 heavy (non-hydrogen) atoms. The van der Waals surface area contributed by atoms with Crippen molar-refractivity contribution in [1.29, 1.82) is 0 Å². The van der Waals surface area contributed by atoms with Crippen molar-refractivity contribution in [2.75, 3.05) is 0 Å². The minimum atomic E-state index is -0.618. The van der Waals surface area contributed by atoms with Gasteiger partial charge in [-0.15, -0.1) is 0 Å². The van der Waals surface area contributed by atoms with Gasteiger partial charge in [0, 0.05) is 16.7 Å². The SMILES string of the molecule is [C-]#[N+]c1ccc(-c2ccc3c(c2)C(c2ccccc2)(c2ccccc2)c2cc(-c4nc(-c5ccccc5)nc(-c5ccccc5)n4)ccc2-3)cc1. The standard InChI is InChI=1S/C47H30N4/c1-48-39-26-22-32(23-27-39)35-24-28-40-41-29-25-36(46-50-44(33-14-6-2-7-15-33)49-45(51-46)34-16-8-3-9-17-34)31-43(41)47(42(40)30-35,37-18-10-4-11-19-37)38-20-12-5-13-21-38/h2-31H. The maximum atomic E-state index is 7.44. The van der Waals surface area contributed by atoms with E-state index < -0.39 is 5.41 Å². The number of rotatable bonds is 6. The predicted octanol–water partition coefficient (Wildman–Crippen LogP) is 11.5. The van der Waals surface area contributed by atoms with E-state index in [-0.39, 0.29) is 0 Å². The first-order valence-corrected chi connectivity index (χ1v) is 17.0. The molecule has 4 nitrogen and oxygen atoms in total. The van der Waals surface area contributed by atoms with Crippen LogP contribution in [0, 0.1) is 6.57 Å². The Kier molecular flexibility index (Phi) is 7.38. The predicted molar refractivity (Wildman–Crippen MR) is 205 cm³/mol. The Labute approximate surface area is 297 Å². The Balaban J connectivity index is 1.31. The summed E-state index contributed by atoms with van der Waals surface area (Å²) in [5.41, 5.74) is 12.1. The molecule has 8 aromatic rings. The zero-order valence-corrected chi connectivity index (χ0v) is 27.6. The molecule has 0 spiro atoms. The summed E-state index contributed by atoms with van der Waals surface area (Å²) in [4.78, 5) is 18.7. The molecule has 0 radical (unpaired) electrons. The van der Waals surface area contributed by atoms with Crippen molar-refractivity contribution in [2.24, 2.45) is 0 Å². The van der Waals surface area contributed by atoms with Crippen molar-refractivity contribution in [2.45, 2.75) is 5.41 Å². The van der Waals surface area contributed by atoms with Crippen LogP contribution < -0.4 is 0 Å². The molecule has 0 aliphatic heterocycles. The number of aromatic nitrogens is 3. The van der Waals surface area contributed by atoms with Crippen LogP contribution in [0.1, 0.15) is 22.3 Å². The van der Waals surface area contributed by atoms with Crippen LogP contribution in [0.15, 0.2) is 182 Å². The van der Waals surface area contributed by atoms with Gasteiger partial charge in [-0.25, -0.2) is 19.8 Å². The van der Waals surface area contributed by atoms with Gasteiger partial charge in [0.2, 0.25) is 0 Å². The Bertz CT molecular complexity index is 2460. The second-order valence-electron chi connectivity index (χ2n) is 12.7. The summed E-state index contributed by atoms with van der Waals surface area (Å²) < 4.78 is 0. The Morgan fingerprint density at radius 3 is 1.24 bits per heavy atom. The van der Waals surface area contributed by atoms with Crippen LogP contribution in [0.4, 0.5) is 5.69 Å². The zero-order valence-electron chi connectivity index (χ0n) is 27.6. The van der Waals surface area contributed by atoms with Crippen molar-refractivity contribution in [1.82, 2.24) is 15.0 Å². The summed E-state index contributed by atoms with van der Waals surface area (Å²) in [5, 5.41) is 0. The topological polar surface area (TPSA) is 43.0 Å². The molecule has 1 heterocycles. The van der Waals surface area contributed by atoms with E-state index in [1.807, 2.05) is 84.9 Å². The first kappa shape index (κ1) is 30.1. The fourth-order valence-electron chi connectivity index (χ4n) is 7.47. The van der Waals surface area contributed by atoms with Crippen LogP contribution in [0.25, 0.3) is 61.3 Å². The van der Waals surface area contributed by atoms with Gasteiger partial charge in [-0.2, -0.15) is 0 Å². The molecule has 0 fully saturated rings. The van der Waals surface area contributed by atoms with Gasteiger partial charge in [0.25, 0.3) is 0 Å². The minimum Gasteiger partial charge on any atom is -0.238 e. The average Bonchev–Trinajstić information content (AvgIpc) is 3.51. The van der Waals surface area contributed by atoms with Crippen molar-refractivity contribution >= 4 is 5.69 Å². The Hall–Kier alpha value is -6.96. The zero-order chi connectivity index (χ0) is 34.2. The molecule has 7 aromatic carbocycles. The van der Waals surface area contributed by atoms with Crippen molar-refractivity contribution in [3.05, 3.63) is 216 Å². The van der Waals surface area contributed by atoms with E-state index in [1.54, 1.807) is 0 Å². The lowest BCUT2D eigenvalue weighted by molar-refractivity contribution is 0.769. The summed E-state index contributed by atoms with van der Waals surface area (Å²) >= 11 is 0. The fourth-order valence-corrected chi connectivity index (χ4v) is 7.47. The molecule has 4 heteroatoms. The van der Waals surface area contributed by atoms with E-state index in [0.717, 1.165) is 27.8 Å². The van der Waals surface area contributed by atoms with Gasteiger partial charge in [0.15, 0.2) is 23.2 Å². The highest BCUT2D eigenvalue weighted by Crippen LogP contribution is 2.57. The number of benzene rings is 7. The molecule has 0 saturated carbocycles. The minimum absolute atomic E-state index is 0.618. The van der Waals surface area contributed by atoms with Gasteiger partial charge in [-0.1, -0.05) is 170 Å². The average molecular weight is 651 g/mol. The Morgan fingerprint density at radius 2 is 0.765 bits per heavy atom. The third kappa shape index (κ3) is 5.12. The van der Waals surface area contributed by atoms with Gasteiger partial charge in [0.05, 0.1) is 12.0 Å². The van der Waals surface area contributed by atoms with Gasteiger partial charge in [-0.05, 0) is 56.6 Å². The van der Waals surface area contributed by atoms with Crippen LogP contribution in [-0.4, -0.2) is 15.0 Å². The molecular weight excluding hydrogens is 621 g/mol. The van der Waals surface area contributed by atoms with E-state index in [9.17, 15) is 0 Å². The van der Waals surface area contributed by atoms with Crippen LogP contribution in [-0.2, 0) is 5.41 Å². The van der Waals surface area contributed by atoms with Crippen molar-refractivity contribution < 1.29 is 0 Å². The van der Waals surface area contributed by atoms with E-state index in [1.165, 1.54) is 33.4 Å². The van der Waals surface area contributed by atoms with Gasteiger partial charge in [0.1, 0.15) is 0 Å². The smallest absolute Gasteiger partial charge is 0.187 e. The largest absolute Gasteiger partial charge is 0.238 e. The fraction of sp³-hybridized carbons (Fsp3) is 0.0213. The van der Waals surface area contributed by atoms with Crippen molar-refractivity contribution in [3.63, 3.8) is 0 Å². The van der Waals surface area contributed by atoms with Crippen LogP contribution >= 0.6 is 0 Å². The lowest BCUT2D eigenvalue weighted by Crippen LogP contribution is -2.28. The molecule has 0 bridgehead atoms. The second kappa shape index (κ2) is 12.5. The molecule has 0 unspecified atom stereocenters. The number of hydrogen-bond donors (Lipinski definition) is 0. The summed E-state index contributed by atoms with van der Waals surface area (Å²) in [6.07, 6.45) is 0. The maximum absolute atomic E-state index is 7.44. The molecule has 238 valence electrons. The first-order chi connectivity index (χ1) is 25.2. The molecule has 0 atom stereocenters. The van der Waals surface area contributed by atoms with E-state index in [2.05, 4.69) is 102 Å². The molecule has 1 aromatic heterocycles. The molecule has 1 aliphatic carbocycles. The summed E-state index contributed by atoms with van der Waals surface area (Å²) in [5.74, 6) is 1.89. The van der Waals surface area contributed by atoms with E-state index in [4.69, 9.17) is 21.5 Å². The third-order valence-electron chi connectivity index (χ3n) is 9.84. The number of nitrogens with zero attached hydrogens (tertiary/aromatic N) is 4. The van der Waals surface area contributed by atoms with Crippen molar-refractivity contribution in [3.8, 4) is 56.4 Å². The maximum Gasteiger partial charge on any atom is 0.187 e. The van der Waals surface area contributed by atoms with Crippen LogP contribution in [0.2, 0.25) is 0 Å². The quantitative estimate of drug-likeness (QED) is 0.168. The highest BCUT2D eigenvalue weighted by molar-refractivity contribution is 5.90. The lowest BCUT2D eigenvalue weighted by Gasteiger charge is -2.34. The van der Waals surface area contributed by atoms with E-state index in [0.29, 0.717) is 23.2 Å². The van der Waals surface area contributed by atoms with Crippen LogP contribution in [0.3, 0.4) is 0 Å². The lowest BCUT2D eigenvalue weighted by atomic mass is 9.67. The van der Waals surface area contributed by atoms with Gasteiger partial charge < -0.3 is 0 Å². The molecule has 0 amide bonds. The molecule has 9 rings (SSSR count). The Morgan fingerprint density at radius 1 is 0.373 bits per heavy atom.